The van der Waals surface area contributed by atoms with Crippen molar-refractivity contribution < 1.29 is 4.79 Å². The van der Waals surface area contributed by atoms with Crippen molar-refractivity contribution in [2.24, 2.45) is 5.92 Å². The van der Waals surface area contributed by atoms with E-state index in [0.29, 0.717) is 12.0 Å². The number of carbonyl (C=O) groups is 1. The molecule has 2 saturated heterocycles. The van der Waals surface area contributed by atoms with Crippen LogP contribution in [0, 0.1) is 5.92 Å². The molecule has 2 fully saturated rings. The molecule has 0 aliphatic carbocycles. The summed E-state index contributed by atoms with van der Waals surface area (Å²) in [5.74, 6) is 0.630. The number of nitrogens with zero attached hydrogens (tertiary/aromatic N) is 2. The Hall–Kier alpha value is -0.770. The molecule has 0 spiro atoms. The van der Waals surface area contributed by atoms with E-state index in [1.54, 1.807) is 0 Å². The summed E-state index contributed by atoms with van der Waals surface area (Å²) in [6.07, 6.45) is 6.11. The minimum Gasteiger partial charge on any atom is -0.325 e. The van der Waals surface area contributed by atoms with Gasteiger partial charge in [-0.1, -0.05) is 0 Å². The lowest BCUT2D eigenvalue weighted by molar-refractivity contribution is 0.119. The van der Waals surface area contributed by atoms with Gasteiger partial charge in [-0.3, -0.25) is 0 Å². The predicted molar refractivity (Wildman–Crippen MR) is 78.3 cm³/mol. The highest BCUT2D eigenvalue weighted by atomic mass is 16.2. The lowest BCUT2D eigenvalue weighted by Gasteiger charge is -2.38. The van der Waals surface area contributed by atoms with Gasteiger partial charge in [0.15, 0.2) is 0 Å². The molecule has 2 aliphatic rings. The first-order chi connectivity index (χ1) is 9.18. The average Bonchev–Trinajstić information content (AvgIpc) is 2.46. The van der Waals surface area contributed by atoms with E-state index < -0.39 is 0 Å². The van der Waals surface area contributed by atoms with Gasteiger partial charge in [0.2, 0.25) is 0 Å². The van der Waals surface area contributed by atoms with Gasteiger partial charge in [-0.25, -0.2) is 4.79 Å². The molecule has 110 valence electrons. The fourth-order valence-corrected chi connectivity index (χ4v) is 3.13. The number of likely N-dealkylation sites (tertiary alicyclic amines) is 1. The molecule has 1 unspecified atom stereocenters. The minimum atomic E-state index is 0.264. The smallest absolute Gasteiger partial charge is 0.320 e. The van der Waals surface area contributed by atoms with E-state index in [1.807, 2.05) is 0 Å². The van der Waals surface area contributed by atoms with Gasteiger partial charge in [-0.15, -0.1) is 0 Å². The first-order valence-corrected chi connectivity index (χ1v) is 7.94. The molecule has 0 saturated carbocycles. The van der Waals surface area contributed by atoms with Crippen LogP contribution in [0.25, 0.3) is 0 Å². The summed E-state index contributed by atoms with van der Waals surface area (Å²) >= 11 is 0. The van der Waals surface area contributed by atoms with E-state index >= 15 is 0 Å². The predicted octanol–water partition coefficient (Wildman–Crippen LogP) is 2.30. The Morgan fingerprint density at radius 3 is 2.58 bits per heavy atom. The van der Waals surface area contributed by atoms with Crippen LogP contribution < -0.4 is 5.32 Å². The van der Waals surface area contributed by atoms with Gasteiger partial charge in [0.1, 0.15) is 0 Å². The highest BCUT2D eigenvalue weighted by molar-refractivity contribution is 5.74. The van der Waals surface area contributed by atoms with Gasteiger partial charge in [0.05, 0.1) is 0 Å². The zero-order valence-corrected chi connectivity index (χ0v) is 12.5. The quantitative estimate of drug-likeness (QED) is 0.851. The summed E-state index contributed by atoms with van der Waals surface area (Å²) in [4.78, 5) is 16.8. The van der Waals surface area contributed by atoms with Crippen LogP contribution in [-0.2, 0) is 0 Å². The normalized spacial score (nSPS) is 24.6. The fraction of sp³-hybridized carbons (Fsp3) is 0.933. The molecule has 1 atom stereocenters. The van der Waals surface area contributed by atoms with Crippen LogP contribution in [0.1, 0.15) is 46.0 Å². The number of amides is 2. The maximum atomic E-state index is 12.6. The van der Waals surface area contributed by atoms with Gasteiger partial charge in [-0.05, 0) is 65.0 Å². The highest BCUT2D eigenvalue weighted by Crippen LogP contribution is 2.17. The third-order valence-electron chi connectivity index (χ3n) is 4.35. The largest absolute Gasteiger partial charge is 0.325 e. The molecule has 0 aromatic heterocycles. The fourth-order valence-electron chi connectivity index (χ4n) is 3.13. The summed E-state index contributed by atoms with van der Waals surface area (Å²) in [5.41, 5.74) is 0. The maximum Gasteiger partial charge on any atom is 0.320 e. The van der Waals surface area contributed by atoms with Crippen LogP contribution in [0.2, 0.25) is 0 Å². The Labute approximate surface area is 117 Å². The summed E-state index contributed by atoms with van der Waals surface area (Å²) in [6, 6.07) is 0.566. The molecular weight excluding hydrogens is 238 g/mol. The molecule has 2 rings (SSSR count). The summed E-state index contributed by atoms with van der Waals surface area (Å²) < 4.78 is 0. The molecule has 4 heteroatoms. The van der Waals surface area contributed by atoms with Crippen LogP contribution in [0.5, 0.6) is 0 Å². The van der Waals surface area contributed by atoms with Crippen LogP contribution in [0.15, 0.2) is 0 Å². The van der Waals surface area contributed by atoms with Crippen LogP contribution >= 0.6 is 0 Å². The Balaban J connectivity index is 1.91. The van der Waals surface area contributed by atoms with Gasteiger partial charge < -0.3 is 15.1 Å². The zero-order chi connectivity index (χ0) is 13.7. The van der Waals surface area contributed by atoms with Crippen LogP contribution in [0.3, 0.4) is 0 Å². The molecule has 0 bridgehead atoms. The number of carbonyl (C=O) groups excluding carboxylic acids is 1. The number of urea groups is 1. The second-order valence-electron chi connectivity index (χ2n) is 6.29. The summed E-state index contributed by atoms with van der Waals surface area (Å²) in [7, 11) is 0. The van der Waals surface area contributed by atoms with Crippen LogP contribution in [0.4, 0.5) is 4.79 Å². The third kappa shape index (κ3) is 4.10. The molecule has 0 aromatic carbocycles. The Bertz CT molecular complexity index is 281. The number of rotatable bonds is 3. The molecule has 0 radical (unpaired) electrons. The Kier molecular flexibility index (Phi) is 5.49. The minimum absolute atomic E-state index is 0.264. The number of hydrogen-bond acceptors (Lipinski definition) is 2. The zero-order valence-electron chi connectivity index (χ0n) is 12.5. The summed E-state index contributed by atoms with van der Waals surface area (Å²) in [5, 5.41) is 3.45. The number of nitrogens with one attached hydrogen (secondary N) is 1. The van der Waals surface area contributed by atoms with E-state index in [4.69, 9.17) is 0 Å². The van der Waals surface area contributed by atoms with Crippen molar-refractivity contribution in [1.82, 2.24) is 15.1 Å². The van der Waals surface area contributed by atoms with Crippen molar-refractivity contribution in [3.63, 3.8) is 0 Å². The molecule has 2 amide bonds. The number of piperidine rings is 2. The SMILES string of the molecule is CC(C)N(CC1CCCNC1)C(=O)N1CCCCC1. The van der Waals surface area contributed by atoms with Crippen LogP contribution in [-0.4, -0.2) is 54.6 Å². The number of hydrogen-bond donors (Lipinski definition) is 1. The molecular formula is C15H29N3O. The molecule has 19 heavy (non-hydrogen) atoms. The van der Waals surface area contributed by atoms with E-state index in [-0.39, 0.29) is 6.03 Å². The first-order valence-electron chi connectivity index (χ1n) is 7.94. The standard InChI is InChI=1S/C15H29N3O/c1-13(2)18(12-14-7-6-8-16-11-14)15(19)17-9-4-3-5-10-17/h13-14,16H,3-12H2,1-2H3. The molecule has 1 N–H and O–H groups in total. The lowest BCUT2D eigenvalue weighted by atomic mass is 9.98. The molecule has 4 nitrogen and oxygen atoms in total. The first kappa shape index (κ1) is 14.6. The van der Waals surface area contributed by atoms with Crippen molar-refractivity contribution in [2.75, 3.05) is 32.7 Å². The van der Waals surface area contributed by atoms with E-state index in [1.165, 1.54) is 32.1 Å². The van der Waals surface area contributed by atoms with Crippen molar-refractivity contribution >= 4 is 6.03 Å². The van der Waals surface area contributed by atoms with Crippen molar-refractivity contribution in [3.05, 3.63) is 0 Å². The average molecular weight is 267 g/mol. The molecule has 2 aliphatic heterocycles. The second kappa shape index (κ2) is 7.13. The molecule has 2 heterocycles. The van der Waals surface area contributed by atoms with Gasteiger partial charge in [-0.2, -0.15) is 0 Å². The van der Waals surface area contributed by atoms with Crippen molar-refractivity contribution in [3.8, 4) is 0 Å². The van der Waals surface area contributed by atoms with Gasteiger partial charge in [0, 0.05) is 25.7 Å². The van der Waals surface area contributed by atoms with E-state index in [2.05, 4.69) is 29.0 Å². The van der Waals surface area contributed by atoms with Gasteiger partial charge >= 0.3 is 6.03 Å². The topological polar surface area (TPSA) is 35.6 Å². The summed E-state index contributed by atoms with van der Waals surface area (Å²) in [6.45, 7) is 9.29. The second-order valence-corrected chi connectivity index (χ2v) is 6.29. The Morgan fingerprint density at radius 1 is 1.26 bits per heavy atom. The third-order valence-corrected chi connectivity index (χ3v) is 4.35. The maximum absolute atomic E-state index is 12.6. The van der Waals surface area contributed by atoms with Gasteiger partial charge in [0.25, 0.3) is 0 Å². The van der Waals surface area contributed by atoms with E-state index in [0.717, 1.165) is 32.7 Å². The van der Waals surface area contributed by atoms with Crippen molar-refractivity contribution in [1.29, 1.82) is 0 Å². The van der Waals surface area contributed by atoms with Crippen molar-refractivity contribution in [2.45, 2.75) is 52.0 Å². The monoisotopic (exact) mass is 267 g/mol. The highest BCUT2D eigenvalue weighted by Gasteiger charge is 2.27. The van der Waals surface area contributed by atoms with E-state index in [9.17, 15) is 4.79 Å². The lowest BCUT2D eigenvalue weighted by Crippen LogP contribution is -2.51. The Morgan fingerprint density at radius 2 is 2.00 bits per heavy atom. The molecule has 0 aromatic rings.